The molecule has 4 heteroatoms. The number of aryl methyl sites for hydroxylation is 1. The molecular formula is C17H22N2OS. The van der Waals surface area contributed by atoms with Crippen LogP contribution in [0, 0.1) is 0 Å². The summed E-state index contributed by atoms with van der Waals surface area (Å²) in [6, 6.07) is 10.1. The van der Waals surface area contributed by atoms with Crippen molar-refractivity contribution in [3.63, 3.8) is 0 Å². The molecule has 1 heterocycles. The van der Waals surface area contributed by atoms with Crippen LogP contribution in [0.25, 0.3) is 11.3 Å². The molecule has 0 spiro atoms. The van der Waals surface area contributed by atoms with Crippen LogP contribution < -0.4 is 5.32 Å². The van der Waals surface area contributed by atoms with Gasteiger partial charge in [-0.3, -0.25) is 4.79 Å². The Morgan fingerprint density at radius 2 is 2.05 bits per heavy atom. The fraction of sp³-hybridized carbons (Fsp3) is 0.412. The lowest BCUT2D eigenvalue weighted by Crippen LogP contribution is -2.24. The van der Waals surface area contributed by atoms with E-state index in [-0.39, 0.29) is 5.91 Å². The molecule has 0 aliphatic carbocycles. The van der Waals surface area contributed by atoms with Gasteiger partial charge in [0.15, 0.2) is 0 Å². The molecule has 1 amide bonds. The summed E-state index contributed by atoms with van der Waals surface area (Å²) in [6.07, 6.45) is 4.66. The number of carbonyl (C=O) groups excluding carboxylic acids is 1. The molecule has 0 aliphatic rings. The van der Waals surface area contributed by atoms with E-state index in [1.54, 1.807) is 11.3 Å². The molecule has 0 unspecified atom stereocenters. The van der Waals surface area contributed by atoms with Crippen LogP contribution in [0.2, 0.25) is 0 Å². The number of nitrogens with one attached hydrogen (secondary N) is 1. The van der Waals surface area contributed by atoms with Gasteiger partial charge in [0.25, 0.3) is 0 Å². The Kier molecular flexibility index (Phi) is 6.41. The highest BCUT2D eigenvalue weighted by molar-refractivity contribution is 7.09. The molecule has 2 aromatic rings. The first-order valence-electron chi connectivity index (χ1n) is 7.56. The van der Waals surface area contributed by atoms with Crippen LogP contribution in [0.15, 0.2) is 35.7 Å². The van der Waals surface area contributed by atoms with Gasteiger partial charge in [0.1, 0.15) is 0 Å². The first-order chi connectivity index (χ1) is 10.3. The monoisotopic (exact) mass is 302 g/mol. The van der Waals surface area contributed by atoms with Gasteiger partial charge in [-0.25, -0.2) is 4.98 Å². The quantitative estimate of drug-likeness (QED) is 0.747. The minimum absolute atomic E-state index is 0.127. The van der Waals surface area contributed by atoms with Crippen molar-refractivity contribution in [1.82, 2.24) is 10.3 Å². The molecule has 0 saturated carbocycles. The fourth-order valence-corrected chi connectivity index (χ4v) is 2.89. The van der Waals surface area contributed by atoms with Crippen LogP contribution in [-0.2, 0) is 11.2 Å². The normalized spacial score (nSPS) is 10.5. The van der Waals surface area contributed by atoms with E-state index in [1.165, 1.54) is 12.8 Å². The second-order valence-electron chi connectivity index (χ2n) is 5.05. The second kappa shape index (κ2) is 8.57. The Labute approximate surface area is 130 Å². The maximum Gasteiger partial charge on any atom is 0.220 e. The minimum atomic E-state index is 0.127. The van der Waals surface area contributed by atoms with Crippen molar-refractivity contribution in [2.24, 2.45) is 0 Å². The van der Waals surface area contributed by atoms with E-state index < -0.39 is 0 Å². The van der Waals surface area contributed by atoms with Gasteiger partial charge in [-0.15, -0.1) is 11.3 Å². The van der Waals surface area contributed by atoms with Gasteiger partial charge in [-0.2, -0.15) is 0 Å². The summed E-state index contributed by atoms with van der Waals surface area (Å²) in [6.45, 7) is 2.95. The number of aromatic nitrogens is 1. The summed E-state index contributed by atoms with van der Waals surface area (Å²) in [5, 5.41) is 6.05. The number of unbranched alkanes of at least 4 members (excludes halogenated alkanes) is 2. The number of nitrogens with zero attached hydrogens (tertiary/aromatic N) is 1. The standard InChI is InChI=1S/C17H22N2OS/c1-2-3-7-12-18-16(20)10-11-17-19-15(13-21-17)14-8-5-4-6-9-14/h4-6,8-9,13H,2-3,7,10-12H2,1H3,(H,18,20). The lowest BCUT2D eigenvalue weighted by atomic mass is 10.2. The number of thiazole rings is 1. The zero-order valence-electron chi connectivity index (χ0n) is 12.5. The maximum absolute atomic E-state index is 11.7. The maximum atomic E-state index is 11.7. The number of amides is 1. The Morgan fingerprint density at radius 1 is 1.24 bits per heavy atom. The molecule has 0 bridgehead atoms. The molecule has 0 atom stereocenters. The van der Waals surface area contributed by atoms with Gasteiger partial charge in [0, 0.05) is 30.3 Å². The minimum Gasteiger partial charge on any atom is -0.356 e. The molecule has 1 aromatic carbocycles. The van der Waals surface area contributed by atoms with E-state index in [2.05, 4.69) is 34.7 Å². The van der Waals surface area contributed by atoms with Gasteiger partial charge in [0.2, 0.25) is 5.91 Å². The number of rotatable bonds is 8. The third-order valence-electron chi connectivity index (χ3n) is 3.29. The van der Waals surface area contributed by atoms with Gasteiger partial charge in [0.05, 0.1) is 10.7 Å². The van der Waals surface area contributed by atoms with Crippen LogP contribution in [0.4, 0.5) is 0 Å². The summed E-state index contributed by atoms with van der Waals surface area (Å²) >= 11 is 1.63. The van der Waals surface area contributed by atoms with E-state index in [0.29, 0.717) is 6.42 Å². The first kappa shape index (κ1) is 15.7. The molecule has 3 nitrogen and oxygen atoms in total. The SMILES string of the molecule is CCCCCNC(=O)CCc1nc(-c2ccccc2)cs1. The molecule has 0 radical (unpaired) electrons. The zero-order chi connectivity index (χ0) is 14.9. The van der Waals surface area contributed by atoms with Crippen molar-refractivity contribution in [3.05, 3.63) is 40.7 Å². The van der Waals surface area contributed by atoms with Crippen molar-refractivity contribution >= 4 is 17.2 Å². The first-order valence-corrected chi connectivity index (χ1v) is 8.44. The van der Waals surface area contributed by atoms with E-state index in [9.17, 15) is 4.79 Å². The highest BCUT2D eigenvalue weighted by atomic mass is 32.1. The van der Waals surface area contributed by atoms with Crippen LogP contribution in [0.3, 0.4) is 0 Å². The predicted octanol–water partition coefficient (Wildman–Crippen LogP) is 4.05. The van der Waals surface area contributed by atoms with E-state index >= 15 is 0 Å². The lowest BCUT2D eigenvalue weighted by Gasteiger charge is -2.03. The number of hydrogen-bond acceptors (Lipinski definition) is 3. The van der Waals surface area contributed by atoms with Crippen molar-refractivity contribution in [2.75, 3.05) is 6.54 Å². The summed E-state index contributed by atoms with van der Waals surface area (Å²) in [7, 11) is 0. The van der Waals surface area contributed by atoms with Crippen LogP contribution >= 0.6 is 11.3 Å². The molecule has 21 heavy (non-hydrogen) atoms. The second-order valence-corrected chi connectivity index (χ2v) is 5.99. The molecule has 0 saturated heterocycles. The van der Waals surface area contributed by atoms with Crippen molar-refractivity contribution in [3.8, 4) is 11.3 Å². The van der Waals surface area contributed by atoms with E-state index in [1.807, 2.05) is 18.2 Å². The van der Waals surface area contributed by atoms with Crippen LogP contribution in [0.1, 0.15) is 37.6 Å². The van der Waals surface area contributed by atoms with Crippen LogP contribution in [-0.4, -0.2) is 17.4 Å². The third-order valence-corrected chi connectivity index (χ3v) is 4.20. The topological polar surface area (TPSA) is 42.0 Å². The molecule has 112 valence electrons. The van der Waals surface area contributed by atoms with Crippen LogP contribution in [0.5, 0.6) is 0 Å². The highest BCUT2D eigenvalue weighted by Gasteiger charge is 2.07. The van der Waals surface area contributed by atoms with E-state index in [0.717, 1.165) is 35.7 Å². The summed E-state index contributed by atoms with van der Waals surface area (Å²) in [5.74, 6) is 0.127. The molecule has 2 rings (SSSR count). The Morgan fingerprint density at radius 3 is 2.81 bits per heavy atom. The van der Waals surface area contributed by atoms with Crippen molar-refractivity contribution in [2.45, 2.75) is 39.0 Å². The Bertz CT molecular complexity index is 551. The Hall–Kier alpha value is -1.68. The molecule has 1 N–H and O–H groups in total. The summed E-state index contributed by atoms with van der Waals surface area (Å²) in [5.41, 5.74) is 2.13. The summed E-state index contributed by atoms with van der Waals surface area (Å²) < 4.78 is 0. The fourth-order valence-electron chi connectivity index (χ4n) is 2.08. The number of hydrogen-bond donors (Lipinski definition) is 1. The zero-order valence-corrected chi connectivity index (χ0v) is 13.3. The Balaban J connectivity index is 1.77. The lowest BCUT2D eigenvalue weighted by molar-refractivity contribution is -0.121. The van der Waals surface area contributed by atoms with Gasteiger partial charge in [-0.1, -0.05) is 50.1 Å². The predicted molar refractivity (Wildman–Crippen MR) is 88.4 cm³/mol. The molecule has 1 aromatic heterocycles. The number of benzene rings is 1. The largest absolute Gasteiger partial charge is 0.356 e. The van der Waals surface area contributed by atoms with Gasteiger partial charge < -0.3 is 5.32 Å². The molecular weight excluding hydrogens is 280 g/mol. The summed E-state index contributed by atoms with van der Waals surface area (Å²) in [4.78, 5) is 16.3. The smallest absolute Gasteiger partial charge is 0.220 e. The average Bonchev–Trinajstić information content (AvgIpc) is 2.99. The number of carbonyl (C=O) groups is 1. The van der Waals surface area contributed by atoms with E-state index in [4.69, 9.17) is 0 Å². The third kappa shape index (κ3) is 5.31. The highest BCUT2D eigenvalue weighted by Crippen LogP contribution is 2.22. The average molecular weight is 302 g/mol. The molecule has 0 aliphatic heterocycles. The van der Waals surface area contributed by atoms with Crippen molar-refractivity contribution < 1.29 is 4.79 Å². The molecule has 0 fully saturated rings. The van der Waals surface area contributed by atoms with Gasteiger partial charge >= 0.3 is 0 Å². The van der Waals surface area contributed by atoms with Gasteiger partial charge in [-0.05, 0) is 6.42 Å². The van der Waals surface area contributed by atoms with Crippen molar-refractivity contribution in [1.29, 1.82) is 0 Å².